The van der Waals surface area contributed by atoms with Crippen LogP contribution in [-0.2, 0) is 0 Å². The molecule has 1 aromatic heterocycles. The van der Waals surface area contributed by atoms with Gasteiger partial charge in [0.05, 0.1) is 40.5 Å². The number of hydrogen-bond acceptors (Lipinski definition) is 1. The lowest BCUT2D eigenvalue weighted by molar-refractivity contribution is 0.392. The molecule has 0 unspecified atom stereocenters. The van der Waals surface area contributed by atoms with Gasteiger partial charge in [0.1, 0.15) is 0 Å². The van der Waals surface area contributed by atoms with Crippen molar-refractivity contribution in [2.75, 3.05) is 7.11 Å². The summed E-state index contributed by atoms with van der Waals surface area (Å²) in [5.41, 5.74) is 1.78. The molecule has 2 rings (SSSR count). The van der Waals surface area contributed by atoms with Crippen LogP contribution in [0.25, 0.3) is 10.9 Å². The predicted molar refractivity (Wildman–Crippen MR) is 67.6 cm³/mol. The van der Waals surface area contributed by atoms with E-state index in [9.17, 15) is 4.39 Å². The molecular formula is C10H8ClFINO. The summed E-state index contributed by atoms with van der Waals surface area (Å²) in [4.78, 5) is 0. The molecule has 0 N–H and O–H groups in total. The van der Waals surface area contributed by atoms with Gasteiger partial charge >= 0.3 is 0 Å². The van der Waals surface area contributed by atoms with Gasteiger partial charge in [0.2, 0.25) is 0 Å². The highest BCUT2D eigenvalue weighted by atomic mass is 127. The van der Waals surface area contributed by atoms with Crippen molar-refractivity contribution < 1.29 is 9.13 Å². The molecule has 0 spiro atoms. The second-order valence-corrected chi connectivity index (χ2v) is 4.57. The van der Waals surface area contributed by atoms with E-state index in [1.807, 2.05) is 15.8 Å². The van der Waals surface area contributed by atoms with E-state index in [0.717, 1.165) is 11.2 Å². The Morgan fingerprint density at radius 2 is 2.13 bits per heavy atom. The number of benzene rings is 1. The van der Waals surface area contributed by atoms with Crippen molar-refractivity contribution in [2.24, 2.45) is 0 Å². The number of ether oxygens (including phenoxy) is 1. The quantitative estimate of drug-likeness (QED) is 0.718. The molecule has 0 saturated heterocycles. The molecule has 5 heteroatoms. The van der Waals surface area contributed by atoms with E-state index in [-0.39, 0.29) is 5.75 Å². The minimum atomic E-state index is -0.433. The lowest BCUT2D eigenvalue weighted by atomic mass is 10.2. The molecule has 0 aliphatic rings. The molecule has 0 atom stereocenters. The Bertz CT molecular complexity index is 538. The first-order valence-electron chi connectivity index (χ1n) is 4.26. The van der Waals surface area contributed by atoms with Gasteiger partial charge in [0.25, 0.3) is 0 Å². The number of fused-ring (bicyclic) bond motifs is 1. The predicted octanol–water partition coefficient (Wildman–Crippen LogP) is 3.95. The maximum absolute atomic E-state index is 13.5. The van der Waals surface area contributed by atoms with Crippen LogP contribution in [0, 0.1) is 12.7 Å². The average Bonchev–Trinajstić information content (AvgIpc) is 2.44. The van der Waals surface area contributed by atoms with E-state index >= 15 is 0 Å². The number of hydrogen-bond donors (Lipinski definition) is 0. The van der Waals surface area contributed by atoms with E-state index < -0.39 is 5.82 Å². The van der Waals surface area contributed by atoms with Crippen LogP contribution in [0.2, 0.25) is 5.02 Å². The van der Waals surface area contributed by atoms with Crippen molar-refractivity contribution in [1.29, 1.82) is 0 Å². The van der Waals surface area contributed by atoms with E-state index in [0.29, 0.717) is 10.4 Å². The maximum Gasteiger partial charge on any atom is 0.167 e. The van der Waals surface area contributed by atoms with Crippen molar-refractivity contribution in [1.82, 2.24) is 2.78 Å². The molecule has 0 radical (unpaired) electrons. The van der Waals surface area contributed by atoms with Crippen molar-refractivity contribution in [3.63, 3.8) is 0 Å². The van der Waals surface area contributed by atoms with Crippen molar-refractivity contribution in [3.05, 3.63) is 28.7 Å². The molecule has 0 fully saturated rings. The van der Waals surface area contributed by atoms with Crippen molar-refractivity contribution in [2.45, 2.75) is 6.92 Å². The summed E-state index contributed by atoms with van der Waals surface area (Å²) in [6.07, 6.45) is 0. The summed E-state index contributed by atoms with van der Waals surface area (Å²) < 4.78 is 20.4. The van der Waals surface area contributed by atoms with Crippen LogP contribution >= 0.6 is 34.5 Å². The molecule has 1 heterocycles. The molecule has 0 bridgehead atoms. The van der Waals surface area contributed by atoms with Crippen LogP contribution in [0.3, 0.4) is 0 Å². The van der Waals surface area contributed by atoms with Crippen LogP contribution < -0.4 is 4.74 Å². The topological polar surface area (TPSA) is 14.2 Å². The Hall–Kier alpha value is -0.490. The third-order valence-electron chi connectivity index (χ3n) is 2.26. The van der Waals surface area contributed by atoms with Crippen LogP contribution in [0.4, 0.5) is 4.39 Å². The Morgan fingerprint density at radius 1 is 1.47 bits per heavy atom. The standard InChI is InChI=1S/C10H8ClFINO/c1-5-3-6-9(14(5)13)7(11)4-8(12)10(6)15-2/h3-4H,1-2H3. The second-order valence-electron chi connectivity index (χ2n) is 3.20. The second kappa shape index (κ2) is 3.83. The highest BCUT2D eigenvalue weighted by molar-refractivity contribution is 14.1. The van der Waals surface area contributed by atoms with Gasteiger partial charge < -0.3 is 4.74 Å². The Labute approximate surface area is 105 Å². The molecule has 0 amide bonds. The van der Waals surface area contributed by atoms with E-state index in [1.165, 1.54) is 13.2 Å². The minimum Gasteiger partial charge on any atom is -0.493 e. The summed E-state index contributed by atoms with van der Waals surface area (Å²) in [6.45, 7) is 1.93. The summed E-state index contributed by atoms with van der Waals surface area (Å²) in [6, 6.07) is 3.13. The first-order valence-corrected chi connectivity index (χ1v) is 5.60. The van der Waals surface area contributed by atoms with Gasteiger partial charge in [-0.15, -0.1) is 0 Å². The third-order valence-corrected chi connectivity index (χ3v) is 3.79. The molecule has 0 aliphatic heterocycles. The number of halogens is 3. The number of aromatic nitrogens is 1. The smallest absolute Gasteiger partial charge is 0.167 e. The first kappa shape index (κ1) is 11.0. The fraction of sp³-hybridized carbons (Fsp3) is 0.200. The van der Waals surface area contributed by atoms with Gasteiger partial charge in [-0.25, -0.2) is 4.39 Å². The third kappa shape index (κ3) is 1.59. The normalized spacial score (nSPS) is 11.0. The zero-order valence-corrected chi connectivity index (χ0v) is 11.1. The Kier molecular flexibility index (Phi) is 2.81. The number of methoxy groups -OCH3 is 1. The van der Waals surface area contributed by atoms with Crippen LogP contribution in [-0.4, -0.2) is 9.89 Å². The van der Waals surface area contributed by atoms with Gasteiger partial charge in [0.15, 0.2) is 11.6 Å². The summed E-state index contributed by atoms with van der Waals surface area (Å²) >= 11 is 8.11. The van der Waals surface area contributed by atoms with E-state index in [1.54, 1.807) is 0 Å². The number of nitrogens with zero attached hydrogens (tertiary/aromatic N) is 1. The molecule has 2 aromatic rings. The Morgan fingerprint density at radius 3 is 2.73 bits per heavy atom. The zero-order valence-electron chi connectivity index (χ0n) is 8.14. The molecule has 2 nitrogen and oxygen atoms in total. The zero-order chi connectivity index (χ0) is 11.2. The monoisotopic (exact) mass is 339 g/mol. The fourth-order valence-electron chi connectivity index (χ4n) is 1.59. The SMILES string of the molecule is COc1c(F)cc(Cl)c2c1cc(C)n2I. The average molecular weight is 340 g/mol. The summed E-state index contributed by atoms with van der Waals surface area (Å²) in [5, 5.41) is 1.10. The van der Waals surface area contributed by atoms with Crippen LogP contribution in [0.1, 0.15) is 5.69 Å². The van der Waals surface area contributed by atoms with Crippen molar-refractivity contribution in [3.8, 4) is 5.75 Å². The van der Waals surface area contributed by atoms with Gasteiger partial charge in [-0.2, -0.15) is 0 Å². The minimum absolute atomic E-state index is 0.243. The van der Waals surface area contributed by atoms with Gasteiger partial charge in [0, 0.05) is 11.1 Å². The largest absolute Gasteiger partial charge is 0.493 e. The van der Waals surface area contributed by atoms with Gasteiger partial charge in [-0.3, -0.25) is 2.78 Å². The van der Waals surface area contributed by atoms with Gasteiger partial charge in [-0.1, -0.05) is 11.6 Å². The van der Waals surface area contributed by atoms with Crippen LogP contribution in [0.5, 0.6) is 5.75 Å². The molecule has 0 saturated carbocycles. The van der Waals surface area contributed by atoms with E-state index in [2.05, 4.69) is 22.9 Å². The highest BCUT2D eigenvalue weighted by Gasteiger charge is 2.16. The molecule has 15 heavy (non-hydrogen) atoms. The maximum atomic E-state index is 13.5. The Balaban J connectivity index is 2.96. The van der Waals surface area contributed by atoms with Gasteiger partial charge in [-0.05, 0) is 19.1 Å². The van der Waals surface area contributed by atoms with Crippen molar-refractivity contribution >= 4 is 45.4 Å². The van der Waals surface area contributed by atoms with Crippen LogP contribution in [0.15, 0.2) is 12.1 Å². The first-order chi connectivity index (χ1) is 7.06. The number of rotatable bonds is 1. The lowest BCUT2D eigenvalue weighted by Crippen LogP contribution is -1.90. The highest BCUT2D eigenvalue weighted by Crippen LogP contribution is 2.37. The lowest BCUT2D eigenvalue weighted by Gasteiger charge is -2.05. The molecular weight excluding hydrogens is 331 g/mol. The molecule has 0 aliphatic carbocycles. The summed E-state index contributed by atoms with van der Waals surface area (Å²) in [5.74, 6) is -0.190. The fourth-order valence-corrected chi connectivity index (χ4v) is 2.68. The molecule has 80 valence electrons. The number of aryl methyl sites for hydroxylation is 1. The molecule has 1 aromatic carbocycles. The van der Waals surface area contributed by atoms with E-state index in [4.69, 9.17) is 16.3 Å². The summed E-state index contributed by atoms with van der Waals surface area (Å²) in [7, 11) is 1.45.